The third kappa shape index (κ3) is 8.69. The average molecular weight is 704 g/mol. The molecule has 0 saturated carbocycles. The van der Waals surface area contributed by atoms with Crippen LogP contribution in [0.3, 0.4) is 0 Å². The zero-order valence-electron chi connectivity index (χ0n) is 26.2. The first kappa shape index (κ1) is 34.8. The summed E-state index contributed by atoms with van der Waals surface area (Å²) in [6.45, 7) is 1.40. The molecule has 5 aromatic rings. The lowest BCUT2D eigenvalue weighted by atomic mass is 10.1. The van der Waals surface area contributed by atoms with Gasteiger partial charge in [0.2, 0.25) is 17.5 Å². The predicted molar refractivity (Wildman–Crippen MR) is 177 cm³/mol. The molecule has 13 nitrogen and oxygen atoms in total. The SMILES string of the molecule is CO/C=C(/C(=O)OC)c1ccccc1Oc1cc(Oc2ccccc2C#N)ncn1.Clc1ccc(C2(Cn3cncn3)OCCO2)c(Cl)c1. The summed E-state index contributed by atoms with van der Waals surface area (Å²) in [5.41, 5.74) is 1.76. The van der Waals surface area contributed by atoms with E-state index in [2.05, 4.69) is 26.1 Å². The number of rotatable bonds is 10. The van der Waals surface area contributed by atoms with Gasteiger partial charge in [-0.25, -0.2) is 24.4 Å². The zero-order chi connectivity index (χ0) is 34.6. The van der Waals surface area contributed by atoms with Gasteiger partial charge in [-0.05, 0) is 30.3 Å². The molecule has 0 unspecified atom stereocenters. The summed E-state index contributed by atoms with van der Waals surface area (Å²) in [6.07, 6.45) is 5.62. The number of ether oxygens (including phenoxy) is 6. The Balaban J connectivity index is 0.000000211. The Morgan fingerprint density at radius 1 is 0.959 bits per heavy atom. The van der Waals surface area contributed by atoms with Gasteiger partial charge in [-0.2, -0.15) is 10.4 Å². The highest BCUT2D eigenvalue weighted by Crippen LogP contribution is 2.38. The van der Waals surface area contributed by atoms with Gasteiger partial charge in [0.25, 0.3) is 0 Å². The summed E-state index contributed by atoms with van der Waals surface area (Å²) >= 11 is 12.2. The molecule has 0 aliphatic carbocycles. The van der Waals surface area contributed by atoms with Gasteiger partial charge in [0.1, 0.15) is 48.7 Å². The van der Waals surface area contributed by atoms with Crippen LogP contribution in [0.15, 0.2) is 98.0 Å². The van der Waals surface area contributed by atoms with E-state index in [0.29, 0.717) is 52.4 Å². The lowest BCUT2D eigenvalue weighted by Gasteiger charge is -2.28. The number of benzene rings is 3. The van der Waals surface area contributed by atoms with Crippen LogP contribution < -0.4 is 9.47 Å². The van der Waals surface area contributed by atoms with Crippen molar-refractivity contribution in [3.05, 3.63) is 125 Å². The van der Waals surface area contributed by atoms with Gasteiger partial charge in [-0.3, -0.25) is 0 Å². The molecule has 1 saturated heterocycles. The van der Waals surface area contributed by atoms with Gasteiger partial charge in [-0.15, -0.1) is 0 Å². The summed E-state index contributed by atoms with van der Waals surface area (Å²) in [5, 5.41) is 14.4. The first-order chi connectivity index (χ1) is 23.9. The number of nitriles is 1. The van der Waals surface area contributed by atoms with Crippen molar-refractivity contribution >= 4 is 34.7 Å². The molecule has 2 aromatic heterocycles. The van der Waals surface area contributed by atoms with E-state index in [0.717, 1.165) is 5.56 Å². The molecule has 0 radical (unpaired) electrons. The summed E-state index contributed by atoms with van der Waals surface area (Å²) < 4.78 is 34.6. The first-order valence-electron chi connectivity index (χ1n) is 14.5. The Bertz CT molecular complexity index is 1960. The van der Waals surface area contributed by atoms with E-state index in [1.807, 2.05) is 6.07 Å². The van der Waals surface area contributed by atoms with E-state index in [4.69, 9.17) is 51.6 Å². The molecule has 3 heterocycles. The van der Waals surface area contributed by atoms with Crippen molar-refractivity contribution in [2.75, 3.05) is 27.4 Å². The maximum Gasteiger partial charge on any atom is 0.341 e. The minimum absolute atomic E-state index is 0.184. The Hall–Kier alpha value is -5.52. The second-order valence-corrected chi connectivity index (χ2v) is 10.8. The quantitative estimate of drug-likeness (QED) is 0.0878. The smallest absolute Gasteiger partial charge is 0.341 e. The van der Waals surface area contributed by atoms with Crippen LogP contribution >= 0.6 is 23.2 Å². The predicted octanol–water partition coefficient (Wildman–Crippen LogP) is 6.58. The number of hydrogen-bond acceptors (Lipinski definition) is 12. The molecule has 3 aromatic carbocycles. The highest BCUT2D eigenvalue weighted by molar-refractivity contribution is 6.35. The van der Waals surface area contributed by atoms with Crippen LogP contribution in [0.25, 0.3) is 5.57 Å². The second kappa shape index (κ2) is 16.5. The molecule has 0 atom stereocenters. The van der Waals surface area contributed by atoms with Gasteiger partial charge in [-0.1, -0.05) is 59.6 Å². The lowest BCUT2D eigenvalue weighted by molar-refractivity contribution is -0.177. The normalized spacial score (nSPS) is 13.4. The highest BCUT2D eigenvalue weighted by Gasteiger charge is 2.41. The minimum atomic E-state index is -0.935. The van der Waals surface area contributed by atoms with Gasteiger partial charge in [0.15, 0.2) is 0 Å². The number of carbonyl (C=O) groups excluding carboxylic acids is 1. The number of methoxy groups -OCH3 is 2. The van der Waals surface area contributed by atoms with Gasteiger partial charge < -0.3 is 28.4 Å². The van der Waals surface area contributed by atoms with Crippen molar-refractivity contribution in [2.45, 2.75) is 12.3 Å². The van der Waals surface area contributed by atoms with Gasteiger partial charge in [0, 0.05) is 16.1 Å². The standard InChI is InChI=1S/C22H17N3O5.C12H11Cl2N3O2/c1-27-13-17(22(26)28-2)16-8-4-6-10-19(16)30-21-11-20(24-14-25-21)29-18-9-5-3-7-15(18)12-23;13-9-1-2-10(11(14)5-9)12(18-3-4-19-12)6-17-8-15-7-16-17/h3-11,13-14H,1-2H3;1-2,5,7-8H,3-4,6H2/b17-13+;. The number of nitrogens with zero attached hydrogens (tertiary/aromatic N) is 6. The molecular formula is C34H28Cl2N6O7. The number of carbonyl (C=O) groups is 1. The van der Waals surface area contributed by atoms with Gasteiger partial charge >= 0.3 is 5.97 Å². The number of esters is 1. The highest BCUT2D eigenvalue weighted by atomic mass is 35.5. The summed E-state index contributed by atoms with van der Waals surface area (Å²) in [7, 11) is 2.71. The molecule has 6 rings (SSSR count). The van der Waals surface area contributed by atoms with Crippen LogP contribution in [0.1, 0.15) is 16.7 Å². The molecule has 0 bridgehead atoms. The summed E-state index contributed by atoms with van der Waals surface area (Å²) in [6, 6.07) is 22.4. The van der Waals surface area contributed by atoms with Gasteiger partial charge in [0.05, 0.1) is 50.3 Å². The molecule has 0 amide bonds. The third-order valence-corrected chi connectivity index (χ3v) is 7.35. The van der Waals surface area contributed by atoms with Crippen molar-refractivity contribution in [3.63, 3.8) is 0 Å². The molecule has 1 aliphatic heterocycles. The van der Waals surface area contributed by atoms with Crippen molar-refractivity contribution in [3.8, 4) is 29.3 Å². The molecule has 1 aliphatic rings. The zero-order valence-corrected chi connectivity index (χ0v) is 27.7. The minimum Gasteiger partial charge on any atom is -0.503 e. The largest absolute Gasteiger partial charge is 0.503 e. The maximum atomic E-state index is 12.1. The van der Waals surface area contributed by atoms with Crippen LogP contribution in [0.2, 0.25) is 10.0 Å². The second-order valence-electron chi connectivity index (χ2n) is 9.93. The van der Waals surface area contributed by atoms with Crippen LogP contribution in [-0.4, -0.2) is 58.1 Å². The Labute approximate surface area is 291 Å². The Morgan fingerprint density at radius 3 is 2.31 bits per heavy atom. The van der Waals surface area contributed by atoms with Crippen molar-refractivity contribution in [2.24, 2.45) is 0 Å². The van der Waals surface area contributed by atoms with Crippen molar-refractivity contribution in [1.82, 2.24) is 24.7 Å². The molecule has 15 heteroatoms. The van der Waals surface area contributed by atoms with E-state index in [9.17, 15) is 10.1 Å². The topological polar surface area (TPSA) is 153 Å². The number of para-hydroxylation sites is 2. The van der Waals surface area contributed by atoms with E-state index >= 15 is 0 Å². The number of halogens is 2. The maximum absolute atomic E-state index is 12.1. The van der Waals surface area contributed by atoms with Crippen LogP contribution in [0.4, 0.5) is 0 Å². The first-order valence-corrected chi connectivity index (χ1v) is 15.2. The Morgan fingerprint density at radius 2 is 1.65 bits per heavy atom. The van der Waals surface area contributed by atoms with Crippen molar-refractivity contribution in [1.29, 1.82) is 5.26 Å². The summed E-state index contributed by atoms with van der Waals surface area (Å²) in [5.74, 6) is -0.415. The molecule has 250 valence electrons. The van der Waals surface area contributed by atoms with Crippen LogP contribution in [0, 0.1) is 11.3 Å². The molecule has 49 heavy (non-hydrogen) atoms. The lowest BCUT2D eigenvalue weighted by Crippen LogP contribution is -2.33. The molecule has 0 spiro atoms. The molecular weight excluding hydrogens is 675 g/mol. The Kier molecular flexibility index (Phi) is 11.7. The van der Waals surface area contributed by atoms with E-state index in [1.165, 1.54) is 39.2 Å². The molecule has 0 N–H and O–H groups in total. The number of hydrogen-bond donors (Lipinski definition) is 0. The average Bonchev–Trinajstić information content (AvgIpc) is 3.81. The monoisotopic (exact) mass is 702 g/mol. The third-order valence-electron chi connectivity index (χ3n) is 6.80. The van der Waals surface area contributed by atoms with E-state index < -0.39 is 11.8 Å². The number of aromatic nitrogens is 5. The van der Waals surface area contributed by atoms with Crippen molar-refractivity contribution < 1.29 is 33.2 Å². The van der Waals surface area contributed by atoms with Crippen LogP contribution in [0.5, 0.6) is 23.3 Å². The fraction of sp³-hybridized carbons (Fsp3) is 0.176. The fourth-order valence-corrected chi connectivity index (χ4v) is 5.20. The van der Waals surface area contributed by atoms with Crippen LogP contribution in [-0.2, 0) is 36.1 Å². The summed E-state index contributed by atoms with van der Waals surface area (Å²) in [4.78, 5) is 24.2. The molecule has 1 fully saturated rings. The van der Waals surface area contributed by atoms with E-state index in [1.54, 1.807) is 71.7 Å². The fourth-order valence-electron chi connectivity index (χ4n) is 4.65. The van der Waals surface area contributed by atoms with E-state index in [-0.39, 0.29) is 17.3 Å².